The minimum absolute atomic E-state index is 0.757. The highest BCUT2D eigenvalue weighted by atomic mass is 32.1. The third kappa shape index (κ3) is 4.13. The summed E-state index contributed by atoms with van der Waals surface area (Å²) in [6.07, 6.45) is 0. The van der Waals surface area contributed by atoms with Crippen LogP contribution < -0.4 is 10.2 Å². The van der Waals surface area contributed by atoms with Gasteiger partial charge in [-0.3, -0.25) is 5.43 Å². The lowest BCUT2D eigenvalue weighted by atomic mass is 10.1. The fourth-order valence-electron chi connectivity index (χ4n) is 3.00. The van der Waals surface area contributed by atoms with Crippen LogP contribution in [0.5, 0.6) is 0 Å². The summed E-state index contributed by atoms with van der Waals surface area (Å²) in [6.45, 7) is 4.87. The number of nitrogens with zero attached hydrogens (tertiary/aromatic N) is 2. The molecule has 0 aliphatic heterocycles. The number of benzene rings is 3. The number of hydrogen-bond donors (Lipinski definition) is 1. The molecule has 0 bridgehead atoms. The van der Waals surface area contributed by atoms with E-state index in [1.54, 1.807) is 11.3 Å². The summed E-state index contributed by atoms with van der Waals surface area (Å²) in [5.74, 6) is 0. The van der Waals surface area contributed by atoms with Gasteiger partial charge in [0.1, 0.15) is 0 Å². The summed E-state index contributed by atoms with van der Waals surface area (Å²) in [7, 11) is 0. The topological polar surface area (TPSA) is 29.3 Å². The summed E-state index contributed by atoms with van der Waals surface area (Å²) in [5, 5.41) is 6.81. The first-order valence-electron chi connectivity index (χ1n) is 9.13. The van der Waals surface area contributed by atoms with Gasteiger partial charge in [0.25, 0.3) is 0 Å². The van der Waals surface area contributed by atoms with Gasteiger partial charge in [0.2, 0.25) is 4.80 Å². The Morgan fingerprint density at radius 2 is 1.46 bits per heavy atom. The molecular weight excluding hydrogens is 362 g/mol. The molecule has 4 rings (SSSR count). The van der Waals surface area contributed by atoms with Crippen molar-refractivity contribution in [3.8, 4) is 11.3 Å². The zero-order valence-corrected chi connectivity index (χ0v) is 16.3. The van der Waals surface area contributed by atoms with Crippen molar-refractivity contribution in [1.29, 1.82) is 0 Å². The molecule has 0 aliphatic carbocycles. The highest BCUT2D eigenvalue weighted by molar-refractivity contribution is 7.07. The molecule has 0 spiro atoms. The minimum atomic E-state index is 0.757. The van der Waals surface area contributed by atoms with Crippen LogP contribution in [0.1, 0.15) is 11.1 Å². The van der Waals surface area contributed by atoms with Crippen molar-refractivity contribution in [2.75, 3.05) is 0 Å². The molecular formula is C24H21N3S. The Hall–Kier alpha value is -3.37. The average molecular weight is 384 g/mol. The lowest BCUT2D eigenvalue weighted by Gasteiger charge is -2.10. The maximum Gasteiger partial charge on any atom is 0.208 e. The van der Waals surface area contributed by atoms with E-state index in [0.717, 1.165) is 28.3 Å². The highest BCUT2D eigenvalue weighted by Gasteiger charge is 2.09. The van der Waals surface area contributed by atoms with E-state index in [9.17, 15) is 0 Å². The maximum absolute atomic E-state index is 4.66. The predicted molar refractivity (Wildman–Crippen MR) is 117 cm³/mol. The SMILES string of the molecule is C=C(N/N=c1/scc(-c2ccccc2)n1Cc1ccccc1)c1ccccc1. The van der Waals surface area contributed by atoms with Gasteiger partial charge in [-0.1, -0.05) is 97.6 Å². The van der Waals surface area contributed by atoms with Crippen molar-refractivity contribution in [1.82, 2.24) is 9.99 Å². The fourth-order valence-corrected chi connectivity index (χ4v) is 3.87. The molecule has 0 aliphatic rings. The Balaban J connectivity index is 1.70. The molecule has 0 unspecified atom stereocenters. The first kappa shape index (κ1) is 18.0. The Labute approximate surface area is 168 Å². The summed E-state index contributed by atoms with van der Waals surface area (Å²) >= 11 is 1.62. The van der Waals surface area contributed by atoms with Gasteiger partial charge in [-0.15, -0.1) is 16.4 Å². The molecule has 0 saturated carbocycles. The predicted octanol–water partition coefficient (Wildman–Crippen LogP) is 5.34. The molecule has 1 heterocycles. The Morgan fingerprint density at radius 3 is 2.14 bits per heavy atom. The van der Waals surface area contributed by atoms with Crippen LogP contribution in [0.4, 0.5) is 0 Å². The van der Waals surface area contributed by atoms with Gasteiger partial charge < -0.3 is 4.57 Å². The van der Waals surface area contributed by atoms with E-state index in [1.165, 1.54) is 11.1 Å². The first-order chi connectivity index (χ1) is 13.8. The highest BCUT2D eigenvalue weighted by Crippen LogP contribution is 2.20. The normalized spacial score (nSPS) is 11.4. The van der Waals surface area contributed by atoms with Crippen LogP contribution in [0.25, 0.3) is 17.0 Å². The van der Waals surface area contributed by atoms with Crippen molar-refractivity contribution >= 4 is 17.0 Å². The zero-order valence-electron chi connectivity index (χ0n) is 15.5. The largest absolute Gasteiger partial charge is 0.311 e. The van der Waals surface area contributed by atoms with Gasteiger partial charge in [0, 0.05) is 5.38 Å². The molecule has 3 nitrogen and oxygen atoms in total. The fraction of sp³-hybridized carbons (Fsp3) is 0.0417. The summed E-state index contributed by atoms with van der Waals surface area (Å²) in [6, 6.07) is 30.9. The van der Waals surface area contributed by atoms with Gasteiger partial charge in [-0.2, -0.15) is 0 Å². The van der Waals surface area contributed by atoms with Crippen LogP contribution in [0.3, 0.4) is 0 Å². The van der Waals surface area contributed by atoms with E-state index in [1.807, 2.05) is 42.5 Å². The summed E-state index contributed by atoms with van der Waals surface area (Å²) in [5.41, 5.74) is 8.50. The first-order valence-corrected chi connectivity index (χ1v) is 10.0. The zero-order chi connectivity index (χ0) is 19.2. The van der Waals surface area contributed by atoms with Crippen molar-refractivity contribution in [3.63, 3.8) is 0 Å². The van der Waals surface area contributed by atoms with E-state index in [0.29, 0.717) is 0 Å². The standard InChI is InChI=1S/C24H21N3S/c1-19(21-13-7-3-8-14-21)25-26-24-27(17-20-11-5-2-6-12-20)23(18-28-24)22-15-9-4-10-16-22/h2-16,18,25H,1,17H2/b26-24+. The Kier molecular flexibility index (Phi) is 5.50. The average Bonchev–Trinajstić information content (AvgIpc) is 3.16. The number of rotatable bonds is 6. The minimum Gasteiger partial charge on any atom is -0.311 e. The number of aromatic nitrogens is 1. The monoisotopic (exact) mass is 383 g/mol. The molecule has 3 aromatic carbocycles. The van der Waals surface area contributed by atoms with E-state index in [4.69, 9.17) is 0 Å². The lowest BCUT2D eigenvalue weighted by Crippen LogP contribution is -2.20. The summed E-state index contributed by atoms with van der Waals surface area (Å²) in [4.78, 5) is 0.903. The molecule has 0 radical (unpaired) electrons. The van der Waals surface area contributed by atoms with Crippen molar-refractivity contribution in [2.24, 2.45) is 5.10 Å². The number of hydrogen-bond acceptors (Lipinski definition) is 3. The van der Waals surface area contributed by atoms with Gasteiger partial charge >= 0.3 is 0 Å². The van der Waals surface area contributed by atoms with Crippen LogP contribution in [0.2, 0.25) is 0 Å². The van der Waals surface area contributed by atoms with Crippen molar-refractivity contribution in [3.05, 3.63) is 119 Å². The Morgan fingerprint density at radius 1 is 0.857 bits per heavy atom. The molecule has 138 valence electrons. The van der Waals surface area contributed by atoms with Crippen LogP contribution in [-0.4, -0.2) is 4.57 Å². The molecule has 1 aromatic heterocycles. The van der Waals surface area contributed by atoms with Crippen LogP contribution >= 0.6 is 11.3 Å². The van der Waals surface area contributed by atoms with Crippen LogP contribution in [0.15, 0.2) is 108 Å². The van der Waals surface area contributed by atoms with E-state index in [-0.39, 0.29) is 0 Å². The molecule has 0 amide bonds. The number of thiazole rings is 1. The maximum atomic E-state index is 4.66. The summed E-state index contributed by atoms with van der Waals surface area (Å²) < 4.78 is 2.24. The second-order valence-corrected chi connectivity index (χ2v) is 7.25. The third-order valence-electron chi connectivity index (χ3n) is 4.46. The smallest absolute Gasteiger partial charge is 0.208 e. The molecule has 1 N–H and O–H groups in total. The lowest BCUT2D eigenvalue weighted by molar-refractivity contribution is 0.751. The van der Waals surface area contributed by atoms with Crippen LogP contribution in [0, 0.1) is 0 Å². The second-order valence-electron chi connectivity index (χ2n) is 6.41. The van der Waals surface area contributed by atoms with E-state index >= 15 is 0 Å². The third-order valence-corrected chi connectivity index (χ3v) is 5.32. The van der Waals surface area contributed by atoms with Crippen molar-refractivity contribution in [2.45, 2.75) is 6.54 Å². The molecule has 28 heavy (non-hydrogen) atoms. The molecule has 4 heteroatoms. The van der Waals surface area contributed by atoms with Gasteiger partial charge in [0.05, 0.1) is 17.9 Å². The van der Waals surface area contributed by atoms with Gasteiger partial charge in [-0.05, 0) is 16.7 Å². The molecule has 0 saturated heterocycles. The molecule has 0 fully saturated rings. The quantitative estimate of drug-likeness (QED) is 0.447. The van der Waals surface area contributed by atoms with Crippen LogP contribution in [-0.2, 0) is 6.54 Å². The van der Waals surface area contributed by atoms with E-state index < -0.39 is 0 Å². The van der Waals surface area contributed by atoms with Gasteiger partial charge in [0.15, 0.2) is 0 Å². The Bertz CT molecular complexity index is 1110. The molecule has 0 atom stereocenters. The van der Waals surface area contributed by atoms with E-state index in [2.05, 4.69) is 75.6 Å². The van der Waals surface area contributed by atoms with Gasteiger partial charge in [-0.25, -0.2) is 0 Å². The number of nitrogens with one attached hydrogen (secondary N) is 1. The molecule has 4 aromatic rings. The van der Waals surface area contributed by atoms with Crippen molar-refractivity contribution < 1.29 is 0 Å². The second kappa shape index (κ2) is 8.55.